The molecule has 2 N–H and O–H groups in total. The number of nitrogen functional groups attached to an aromatic ring is 1. The largest absolute Gasteiger partial charge is 0.461 e. The van der Waals surface area contributed by atoms with Gasteiger partial charge in [0.1, 0.15) is 5.82 Å². The van der Waals surface area contributed by atoms with E-state index < -0.39 is 0 Å². The normalized spacial score (nSPS) is 16.2. The second kappa shape index (κ2) is 4.87. The van der Waals surface area contributed by atoms with Gasteiger partial charge in [-0.1, -0.05) is 6.42 Å². The van der Waals surface area contributed by atoms with E-state index in [2.05, 4.69) is 5.10 Å². The van der Waals surface area contributed by atoms with Crippen molar-refractivity contribution in [3.8, 4) is 0 Å². The van der Waals surface area contributed by atoms with Crippen LogP contribution in [-0.4, -0.2) is 22.4 Å². The zero-order valence-corrected chi connectivity index (χ0v) is 12.2. The Labute approximate surface area is 114 Å². The van der Waals surface area contributed by atoms with Gasteiger partial charge < -0.3 is 10.5 Å². The van der Waals surface area contributed by atoms with Crippen molar-refractivity contribution in [1.82, 2.24) is 9.78 Å². The molecule has 0 unspecified atom stereocenters. The minimum atomic E-state index is -0.362. The molecular weight excluding hydrogens is 242 g/mol. The van der Waals surface area contributed by atoms with Gasteiger partial charge in [-0.25, -0.2) is 9.48 Å². The van der Waals surface area contributed by atoms with Gasteiger partial charge in [-0.05, 0) is 46.5 Å². The van der Waals surface area contributed by atoms with Gasteiger partial charge in [0, 0.05) is 5.56 Å². The Morgan fingerprint density at radius 2 is 2.11 bits per heavy atom. The second-order valence-electron chi connectivity index (χ2n) is 6.08. The Bertz CT molecular complexity index is 482. The molecule has 106 valence electrons. The maximum atomic E-state index is 12.0. The monoisotopic (exact) mass is 265 g/mol. The molecule has 1 saturated carbocycles. The third-order valence-electron chi connectivity index (χ3n) is 3.58. The summed E-state index contributed by atoms with van der Waals surface area (Å²) in [5, 5.41) is 4.42. The molecule has 0 radical (unpaired) electrons. The summed E-state index contributed by atoms with van der Waals surface area (Å²) in [7, 11) is 0. The van der Waals surface area contributed by atoms with Crippen LogP contribution in [-0.2, 0) is 10.3 Å². The average Bonchev–Trinajstić information content (AvgIpc) is 2.55. The van der Waals surface area contributed by atoms with Crippen LogP contribution in [0.3, 0.4) is 0 Å². The van der Waals surface area contributed by atoms with Crippen LogP contribution in [0.2, 0.25) is 0 Å². The van der Waals surface area contributed by atoms with Gasteiger partial charge in [0.25, 0.3) is 0 Å². The number of hydrogen-bond donors (Lipinski definition) is 1. The number of rotatable bonds is 3. The SMILES string of the molecule is CCOC(=O)c1nn(C(C)(C)C)c(N)c1C1CCC1. The van der Waals surface area contributed by atoms with Crippen LogP contribution < -0.4 is 5.73 Å². The van der Waals surface area contributed by atoms with Gasteiger partial charge in [-0.15, -0.1) is 0 Å². The molecule has 0 saturated heterocycles. The molecule has 1 aliphatic carbocycles. The van der Waals surface area contributed by atoms with Gasteiger partial charge in [0.2, 0.25) is 0 Å². The lowest BCUT2D eigenvalue weighted by atomic mass is 9.79. The summed E-state index contributed by atoms with van der Waals surface area (Å²) in [5.41, 5.74) is 7.27. The summed E-state index contributed by atoms with van der Waals surface area (Å²) in [5.74, 6) is 0.606. The lowest BCUT2D eigenvalue weighted by Gasteiger charge is -2.26. The summed E-state index contributed by atoms with van der Waals surface area (Å²) < 4.78 is 6.84. The van der Waals surface area contributed by atoms with Gasteiger partial charge in [0.15, 0.2) is 5.69 Å². The van der Waals surface area contributed by atoms with Crippen LogP contribution in [0.4, 0.5) is 5.82 Å². The standard InChI is InChI=1S/C14H23N3O2/c1-5-19-13(18)11-10(9-7-6-8-9)12(15)17(16-11)14(2,3)4/h9H,5-8,15H2,1-4H3. The highest BCUT2D eigenvalue weighted by molar-refractivity contribution is 5.90. The molecule has 0 aromatic carbocycles. The predicted octanol–water partition coefficient (Wildman–Crippen LogP) is 2.66. The number of hydrogen-bond acceptors (Lipinski definition) is 4. The average molecular weight is 265 g/mol. The molecule has 0 amide bonds. The minimum Gasteiger partial charge on any atom is -0.461 e. The number of nitrogens with two attached hydrogens (primary N) is 1. The van der Waals surface area contributed by atoms with Crippen LogP contribution in [0.1, 0.15) is 68.9 Å². The van der Waals surface area contributed by atoms with Crippen LogP contribution in [0.25, 0.3) is 0 Å². The van der Waals surface area contributed by atoms with E-state index in [9.17, 15) is 4.79 Å². The molecule has 1 aromatic rings. The first-order chi connectivity index (χ1) is 8.86. The molecule has 5 heteroatoms. The van der Waals surface area contributed by atoms with E-state index in [0.29, 0.717) is 24.0 Å². The summed E-state index contributed by atoms with van der Waals surface area (Å²) in [6, 6.07) is 0. The molecule has 1 aromatic heterocycles. The Hall–Kier alpha value is -1.52. The Morgan fingerprint density at radius 1 is 1.47 bits per heavy atom. The number of ether oxygens (including phenoxy) is 1. The zero-order chi connectivity index (χ0) is 14.2. The van der Waals surface area contributed by atoms with Gasteiger partial charge >= 0.3 is 5.97 Å². The van der Waals surface area contributed by atoms with Crippen molar-refractivity contribution < 1.29 is 9.53 Å². The Balaban J connectivity index is 2.48. The van der Waals surface area contributed by atoms with E-state index in [-0.39, 0.29) is 11.5 Å². The number of anilines is 1. The first kappa shape index (κ1) is 13.9. The topological polar surface area (TPSA) is 70.1 Å². The lowest BCUT2D eigenvalue weighted by Crippen LogP contribution is -2.25. The van der Waals surface area contributed by atoms with Crippen LogP contribution >= 0.6 is 0 Å². The zero-order valence-electron chi connectivity index (χ0n) is 12.2. The van der Waals surface area contributed by atoms with E-state index in [1.165, 1.54) is 6.42 Å². The molecule has 1 aliphatic rings. The summed E-state index contributed by atoms with van der Waals surface area (Å²) in [4.78, 5) is 12.0. The van der Waals surface area contributed by atoms with E-state index in [4.69, 9.17) is 10.5 Å². The van der Waals surface area contributed by atoms with Crippen molar-refractivity contribution in [2.75, 3.05) is 12.3 Å². The van der Waals surface area contributed by atoms with Crippen LogP contribution in [0.15, 0.2) is 0 Å². The molecule has 0 bridgehead atoms. The van der Waals surface area contributed by atoms with Crippen molar-refractivity contribution >= 4 is 11.8 Å². The van der Waals surface area contributed by atoms with Crippen LogP contribution in [0.5, 0.6) is 0 Å². The van der Waals surface area contributed by atoms with Crippen molar-refractivity contribution in [1.29, 1.82) is 0 Å². The van der Waals surface area contributed by atoms with Crippen molar-refractivity contribution in [2.24, 2.45) is 0 Å². The fourth-order valence-electron chi connectivity index (χ4n) is 2.40. The molecule has 1 heterocycles. The summed E-state index contributed by atoms with van der Waals surface area (Å²) in [6.45, 7) is 8.22. The highest BCUT2D eigenvalue weighted by atomic mass is 16.5. The van der Waals surface area contributed by atoms with Crippen LogP contribution in [0, 0.1) is 0 Å². The van der Waals surface area contributed by atoms with Gasteiger partial charge in [-0.3, -0.25) is 0 Å². The van der Waals surface area contributed by atoms with Gasteiger partial charge in [-0.2, -0.15) is 5.10 Å². The maximum absolute atomic E-state index is 12.0. The number of esters is 1. The molecule has 1 fully saturated rings. The second-order valence-corrected chi connectivity index (χ2v) is 6.08. The van der Waals surface area contributed by atoms with Crippen molar-refractivity contribution in [2.45, 2.75) is 58.4 Å². The number of carbonyl (C=O) groups excluding carboxylic acids is 1. The molecule has 2 rings (SSSR count). The number of aromatic nitrogens is 2. The molecule has 0 aliphatic heterocycles. The van der Waals surface area contributed by atoms with Gasteiger partial charge in [0.05, 0.1) is 12.1 Å². The highest BCUT2D eigenvalue weighted by Crippen LogP contribution is 2.42. The molecule has 0 atom stereocenters. The summed E-state index contributed by atoms with van der Waals surface area (Å²) >= 11 is 0. The fraction of sp³-hybridized carbons (Fsp3) is 0.714. The third kappa shape index (κ3) is 2.46. The molecule has 19 heavy (non-hydrogen) atoms. The Kier molecular flexibility index (Phi) is 3.56. The first-order valence-corrected chi connectivity index (χ1v) is 6.92. The molecule has 5 nitrogen and oxygen atoms in total. The van der Waals surface area contributed by atoms with E-state index in [0.717, 1.165) is 18.4 Å². The number of carbonyl (C=O) groups is 1. The smallest absolute Gasteiger partial charge is 0.359 e. The maximum Gasteiger partial charge on any atom is 0.359 e. The fourth-order valence-corrected chi connectivity index (χ4v) is 2.40. The quantitative estimate of drug-likeness (QED) is 0.853. The van der Waals surface area contributed by atoms with E-state index in [1.54, 1.807) is 11.6 Å². The highest BCUT2D eigenvalue weighted by Gasteiger charge is 2.34. The van der Waals surface area contributed by atoms with E-state index >= 15 is 0 Å². The lowest BCUT2D eigenvalue weighted by molar-refractivity contribution is 0.0515. The third-order valence-corrected chi connectivity index (χ3v) is 3.58. The summed E-state index contributed by atoms with van der Waals surface area (Å²) in [6.07, 6.45) is 3.34. The minimum absolute atomic E-state index is 0.243. The number of nitrogens with zero attached hydrogens (tertiary/aromatic N) is 2. The van der Waals surface area contributed by atoms with Crippen molar-refractivity contribution in [3.63, 3.8) is 0 Å². The first-order valence-electron chi connectivity index (χ1n) is 6.92. The molecular formula is C14H23N3O2. The van der Waals surface area contributed by atoms with E-state index in [1.807, 2.05) is 20.8 Å². The molecule has 0 spiro atoms. The van der Waals surface area contributed by atoms with Crippen molar-refractivity contribution in [3.05, 3.63) is 11.3 Å². The Morgan fingerprint density at radius 3 is 2.53 bits per heavy atom. The predicted molar refractivity (Wildman–Crippen MR) is 74.2 cm³/mol.